The minimum absolute atomic E-state index is 0.0566. The second-order valence-corrected chi connectivity index (χ2v) is 12.5. The summed E-state index contributed by atoms with van der Waals surface area (Å²) in [4.78, 5) is 26.7. The Hall–Kier alpha value is -3.14. The number of carbonyl (C=O) groups excluding carboxylic acids is 2. The number of halogens is 1. The molecule has 2 N–H and O–H groups in total. The highest BCUT2D eigenvalue weighted by molar-refractivity contribution is 7.92. The molecule has 1 heterocycles. The number of likely N-dealkylation sites (tertiary alicyclic amines) is 1. The van der Waals surface area contributed by atoms with Crippen molar-refractivity contribution in [1.29, 1.82) is 0 Å². The first-order valence-electron chi connectivity index (χ1n) is 12.3. The molecule has 0 unspecified atom stereocenters. The summed E-state index contributed by atoms with van der Waals surface area (Å²) in [5.41, 5.74) is -0.626. The van der Waals surface area contributed by atoms with E-state index in [1.54, 1.807) is 36.1 Å². The second kappa shape index (κ2) is 10.7. The molecule has 0 aromatic heterocycles. The van der Waals surface area contributed by atoms with E-state index in [9.17, 15) is 22.4 Å². The number of sulfonamides is 1. The lowest BCUT2D eigenvalue weighted by molar-refractivity contribution is -0.121. The average molecular weight is 534 g/mol. The normalized spacial score (nSPS) is 15.3. The molecule has 2 amide bonds. The maximum absolute atomic E-state index is 14.3. The van der Waals surface area contributed by atoms with Crippen molar-refractivity contribution >= 4 is 33.4 Å². The molecule has 8 nitrogen and oxygen atoms in total. The van der Waals surface area contributed by atoms with E-state index < -0.39 is 21.3 Å². The zero-order valence-electron chi connectivity index (χ0n) is 22.2. The Bertz CT molecular complexity index is 1260. The van der Waals surface area contributed by atoms with E-state index in [4.69, 9.17) is 4.74 Å². The van der Waals surface area contributed by atoms with Crippen LogP contribution in [0.1, 0.15) is 58.6 Å². The lowest BCUT2D eigenvalue weighted by Crippen LogP contribution is -2.43. The van der Waals surface area contributed by atoms with Gasteiger partial charge in [-0.15, -0.1) is 0 Å². The summed E-state index contributed by atoms with van der Waals surface area (Å²) in [6, 6.07) is 10.8. The zero-order valence-corrected chi connectivity index (χ0v) is 23.0. The Labute approximate surface area is 218 Å². The number of carbonyl (C=O) groups is 2. The zero-order chi connectivity index (χ0) is 27.6. The van der Waals surface area contributed by atoms with Crippen LogP contribution < -0.4 is 10.0 Å². The van der Waals surface area contributed by atoms with E-state index in [0.717, 1.165) is 0 Å². The summed E-state index contributed by atoms with van der Waals surface area (Å²) in [6.07, 6.45) is 0.636. The van der Waals surface area contributed by atoms with Gasteiger partial charge in [-0.05, 0) is 95.8 Å². The first-order valence-corrected chi connectivity index (χ1v) is 13.8. The lowest BCUT2D eigenvalue weighted by Gasteiger charge is -2.32. The standard InChI is InChI=1S/C27H36FN3O5S/c1-18-16-21(29-24(32)19-12-14-31(15-13-19)25(33)36-26(2,3)4)10-11-23(18)37(34,35)30-22-9-7-8-20(17-22)27(5,6)28/h7-11,16-17,19,30H,12-15H2,1-6H3,(H,29,32). The summed E-state index contributed by atoms with van der Waals surface area (Å²) < 4.78 is 48.2. The van der Waals surface area contributed by atoms with E-state index in [1.165, 1.54) is 32.0 Å². The number of aryl methyl sites for hydroxylation is 1. The quantitative estimate of drug-likeness (QED) is 0.504. The van der Waals surface area contributed by atoms with E-state index in [0.29, 0.717) is 42.7 Å². The van der Waals surface area contributed by atoms with Gasteiger partial charge in [0.2, 0.25) is 5.91 Å². The molecular formula is C27H36FN3O5S. The number of ether oxygens (including phenoxy) is 1. The number of amides is 2. The fraction of sp³-hybridized carbons (Fsp3) is 0.481. The molecule has 37 heavy (non-hydrogen) atoms. The first kappa shape index (κ1) is 28.4. The van der Waals surface area contributed by atoms with Crippen LogP contribution in [0.2, 0.25) is 0 Å². The van der Waals surface area contributed by atoms with Gasteiger partial charge in [0, 0.05) is 30.4 Å². The maximum Gasteiger partial charge on any atom is 0.410 e. The molecule has 1 aliphatic rings. The number of hydrogen-bond donors (Lipinski definition) is 2. The van der Waals surface area contributed by atoms with Crippen LogP contribution in [-0.4, -0.2) is 44.0 Å². The molecule has 10 heteroatoms. The molecule has 202 valence electrons. The number of rotatable bonds is 6. The fourth-order valence-electron chi connectivity index (χ4n) is 4.09. The number of alkyl halides is 1. The van der Waals surface area contributed by atoms with Gasteiger partial charge in [-0.25, -0.2) is 17.6 Å². The number of benzene rings is 2. The third-order valence-electron chi connectivity index (χ3n) is 6.05. The third-order valence-corrected chi connectivity index (χ3v) is 7.59. The molecule has 3 rings (SSSR count). The third kappa shape index (κ3) is 7.67. The Morgan fingerprint density at radius 3 is 2.22 bits per heavy atom. The molecule has 1 aliphatic heterocycles. The van der Waals surface area contributed by atoms with E-state index in [1.807, 2.05) is 20.8 Å². The van der Waals surface area contributed by atoms with Crippen LogP contribution in [0.3, 0.4) is 0 Å². The average Bonchev–Trinajstić information content (AvgIpc) is 2.77. The smallest absolute Gasteiger partial charge is 0.410 e. The summed E-state index contributed by atoms with van der Waals surface area (Å²) in [7, 11) is -3.93. The second-order valence-electron chi connectivity index (χ2n) is 10.9. The van der Waals surface area contributed by atoms with Crippen molar-refractivity contribution in [2.24, 2.45) is 5.92 Å². The molecule has 1 fully saturated rings. The van der Waals surface area contributed by atoms with Crippen molar-refractivity contribution in [3.63, 3.8) is 0 Å². The van der Waals surface area contributed by atoms with Crippen LogP contribution in [-0.2, 0) is 25.2 Å². The Morgan fingerprint density at radius 2 is 1.65 bits per heavy atom. The van der Waals surface area contributed by atoms with Crippen LogP contribution in [0.15, 0.2) is 47.4 Å². The van der Waals surface area contributed by atoms with E-state index in [2.05, 4.69) is 10.0 Å². The highest BCUT2D eigenvalue weighted by atomic mass is 32.2. The number of nitrogens with one attached hydrogen (secondary N) is 2. The van der Waals surface area contributed by atoms with Gasteiger partial charge in [0.25, 0.3) is 10.0 Å². The molecule has 0 bridgehead atoms. The van der Waals surface area contributed by atoms with Gasteiger partial charge in [0.1, 0.15) is 11.3 Å². The maximum atomic E-state index is 14.3. The number of nitrogens with zero attached hydrogens (tertiary/aromatic N) is 1. The highest BCUT2D eigenvalue weighted by Gasteiger charge is 2.30. The van der Waals surface area contributed by atoms with Crippen LogP contribution >= 0.6 is 0 Å². The van der Waals surface area contributed by atoms with E-state index >= 15 is 0 Å². The number of hydrogen-bond acceptors (Lipinski definition) is 5. The SMILES string of the molecule is Cc1cc(NC(=O)C2CCN(C(=O)OC(C)(C)C)CC2)ccc1S(=O)(=O)Nc1cccc(C(C)(C)F)c1. The molecule has 0 saturated carbocycles. The van der Waals surface area contributed by atoms with Gasteiger partial charge in [-0.1, -0.05) is 12.1 Å². The molecule has 0 radical (unpaired) electrons. The molecule has 0 aliphatic carbocycles. The predicted molar refractivity (Wildman–Crippen MR) is 142 cm³/mol. The number of anilines is 2. The highest BCUT2D eigenvalue weighted by Crippen LogP contribution is 2.29. The fourth-order valence-corrected chi connectivity index (χ4v) is 5.36. The lowest BCUT2D eigenvalue weighted by atomic mass is 9.96. The summed E-state index contributed by atoms with van der Waals surface area (Å²) in [6.45, 7) is 10.7. The first-order chi connectivity index (χ1) is 17.0. The monoisotopic (exact) mass is 533 g/mol. The van der Waals surface area contributed by atoms with Crippen molar-refractivity contribution in [3.05, 3.63) is 53.6 Å². The molecule has 2 aromatic carbocycles. The predicted octanol–water partition coefficient (Wildman–Crippen LogP) is 5.59. The number of piperidine rings is 1. The van der Waals surface area contributed by atoms with Crippen molar-refractivity contribution in [2.45, 2.75) is 70.5 Å². The van der Waals surface area contributed by atoms with Crippen molar-refractivity contribution in [3.8, 4) is 0 Å². The van der Waals surface area contributed by atoms with Gasteiger partial charge >= 0.3 is 6.09 Å². The van der Waals surface area contributed by atoms with Gasteiger partial charge < -0.3 is 15.0 Å². The summed E-state index contributed by atoms with van der Waals surface area (Å²) in [5, 5.41) is 2.86. The van der Waals surface area contributed by atoms with Gasteiger partial charge in [0.15, 0.2) is 0 Å². The van der Waals surface area contributed by atoms with Crippen molar-refractivity contribution < 1.29 is 27.1 Å². The van der Waals surface area contributed by atoms with Gasteiger partial charge in [-0.3, -0.25) is 9.52 Å². The van der Waals surface area contributed by atoms with Crippen LogP contribution in [0.4, 0.5) is 20.6 Å². The molecule has 0 spiro atoms. The summed E-state index contributed by atoms with van der Waals surface area (Å²) >= 11 is 0. The molecule has 2 aromatic rings. The van der Waals surface area contributed by atoms with E-state index in [-0.39, 0.29) is 28.5 Å². The Balaban J connectivity index is 1.63. The summed E-state index contributed by atoms with van der Waals surface area (Å²) in [5.74, 6) is -0.446. The van der Waals surface area contributed by atoms with Gasteiger partial charge in [-0.2, -0.15) is 0 Å². The Kier molecular flexibility index (Phi) is 8.21. The minimum Gasteiger partial charge on any atom is -0.444 e. The van der Waals surface area contributed by atoms with Gasteiger partial charge in [0.05, 0.1) is 4.90 Å². The molecular weight excluding hydrogens is 497 g/mol. The van der Waals surface area contributed by atoms with Crippen LogP contribution in [0.25, 0.3) is 0 Å². The van der Waals surface area contributed by atoms with Crippen molar-refractivity contribution in [1.82, 2.24) is 4.90 Å². The largest absolute Gasteiger partial charge is 0.444 e. The minimum atomic E-state index is -3.93. The van der Waals surface area contributed by atoms with Crippen molar-refractivity contribution in [2.75, 3.05) is 23.1 Å². The topological polar surface area (TPSA) is 105 Å². The van der Waals surface area contributed by atoms with Crippen LogP contribution in [0, 0.1) is 12.8 Å². The Morgan fingerprint density at radius 1 is 1.00 bits per heavy atom. The van der Waals surface area contributed by atoms with Crippen LogP contribution in [0.5, 0.6) is 0 Å². The molecule has 0 atom stereocenters. The molecule has 1 saturated heterocycles.